The number of fused-ring (bicyclic) bond motifs is 4. The second kappa shape index (κ2) is 16.8. The molecule has 3 aliphatic heterocycles. The molecule has 0 radical (unpaired) electrons. The molecule has 11 nitrogen and oxygen atoms in total. The van der Waals surface area contributed by atoms with Gasteiger partial charge in [0, 0.05) is 40.8 Å². The monoisotopic (exact) mass is 862 g/mol. The highest BCUT2D eigenvalue weighted by atomic mass is 28.3. The van der Waals surface area contributed by atoms with Gasteiger partial charge in [-0.15, -0.1) is 0 Å². The van der Waals surface area contributed by atoms with E-state index in [0.29, 0.717) is 24.4 Å². The minimum absolute atomic E-state index is 0.0576. The van der Waals surface area contributed by atoms with Gasteiger partial charge in [0.25, 0.3) is 5.91 Å². The number of aromatic amines is 1. The van der Waals surface area contributed by atoms with Crippen molar-refractivity contribution in [3.05, 3.63) is 149 Å². The number of nitrogens with one attached hydrogen (secondary N) is 2. The van der Waals surface area contributed by atoms with Gasteiger partial charge in [0.1, 0.15) is 11.5 Å². The van der Waals surface area contributed by atoms with E-state index >= 15 is 4.79 Å². The Morgan fingerprint density at radius 1 is 0.905 bits per heavy atom. The Morgan fingerprint density at radius 3 is 2.33 bits per heavy atom. The molecule has 0 bridgehead atoms. The van der Waals surface area contributed by atoms with E-state index in [4.69, 9.17) is 14.2 Å². The molecule has 0 aliphatic carbocycles. The summed E-state index contributed by atoms with van der Waals surface area (Å²) in [7, 11) is 0.699. The lowest BCUT2D eigenvalue weighted by molar-refractivity contribution is -0.151. The zero-order valence-corrected chi connectivity index (χ0v) is 37.4. The number of benzene rings is 5. The van der Waals surface area contributed by atoms with Crippen LogP contribution in [0.2, 0.25) is 18.6 Å². The van der Waals surface area contributed by atoms with Crippen LogP contribution in [0.5, 0.6) is 11.5 Å². The van der Waals surface area contributed by atoms with Gasteiger partial charge in [-0.1, -0.05) is 91.9 Å². The number of amides is 3. The number of aromatic nitrogens is 1. The van der Waals surface area contributed by atoms with Crippen molar-refractivity contribution in [2.45, 2.75) is 75.7 Å². The quantitative estimate of drug-likeness (QED) is 0.109. The third kappa shape index (κ3) is 7.49. The van der Waals surface area contributed by atoms with E-state index in [2.05, 4.69) is 48.5 Å². The van der Waals surface area contributed by atoms with Crippen LogP contribution in [-0.2, 0) is 50.7 Å². The van der Waals surface area contributed by atoms with Crippen LogP contribution in [0.4, 0.5) is 11.4 Å². The summed E-state index contributed by atoms with van der Waals surface area (Å²) in [5.41, 5.74) is 5.53. The average molecular weight is 863 g/mol. The Balaban J connectivity index is 1.02. The Kier molecular flexibility index (Phi) is 11.2. The third-order valence-electron chi connectivity index (χ3n) is 13.9. The zero-order chi connectivity index (χ0) is 44.0. The molecule has 9 rings (SSSR count). The summed E-state index contributed by atoms with van der Waals surface area (Å²) >= 11 is 0. The molecule has 63 heavy (non-hydrogen) atoms. The minimum atomic E-state index is -2.56. The number of aliphatic hydroxyl groups is 1. The minimum Gasteiger partial charge on any atom is -0.497 e. The molecular weight excluding hydrogens is 809 g/mol. The maximum Gasteiger partial charge on any atom is 0.264 e. The number of para-hydroxylation sites is 1. The number of anilines is 2. The highest BCUT2D eigenvalue weighted by Gasteiger charge is 2.66. The predicted octanol–water partition coefficient (Wildman–Crippen LogP) is 7.47. The molecule has 3 aliphatic rings. The van der Waals surface area contributed by atoms with E-state index in [1.807, 2.05) is 103 Å². The molecule has 1 saturated heterocycles. The van der Waals surface area contributed by atoms with Crippen molar-refractivity contribution in [3.63, 3.8) is 0 Å². The first kappa shape index (κ1) is 42.1. The molecule has 4 heterocycles. The highest BCUT2D eigenvalue weighted by molar-refractivity contribution is 6.91. The summed E-state index contributed by atoms with van der Waals surface area (Å²) in [6.07, 6.45) is 2.12. The van der Waals surface area contributed by atoms with Gasteiger partial charge in [-0.25, -0.2) is 0 Å². The second-order valence-electron chi connectivity index (χ2n) is 17.7. The Labute approximate surface area is 369 Å². The molecule has 12 heteroatoms. The summed E-state index contributed by atoms with van der Waals surface area (Å²) in [4.78, 5) is 50.1. The molecular formula is C51H54N4O7Si. The fraction of sp³-hybridized carbons (Fsp3) is 0.314. The maximum atomic E-state index is 15.5. The van der Waals surface area contributed by atoms with Crippen molar-refractivity contribution >= 4 is 53.3 Å². The average Bonchev–Trinajstić information content (AvgIpc) is 3.92. The molecule has 0 saturated carbocycles. The zero-order valence-electron chi connectivity index (χ0n) is 36.4. The molecule has 6 aromatic rings. The van der Waals surface area contributed by atoms with Crippen LogP contribution >= 0.6 is 0 Å². The van der Waals surface area contributed by atoms with Gasteiger partial charge < -0.3 is 39.4 Å². The topological polar surface area (TPSA) is 133 Å². The number of nitrogens with zero attached hydrogens (tertiary/aromatic N) is 2. The van der Waals surface area contributed by atoms with E-state index in [1.54, 1.807) is 24.0 Å². The second-order valence-corrected chi connectivity index (χ2v) is 22.4. The Bertz CT molecular complexity index is 2680. The fourth-order valence-electron chi connectivity index (χ4n) is 10.6. The fourth-order valence-corrected chi connectivity index (χ4v) is 14.7. The van der Waals surface area contributed by atoms with Crippen LogP contribution in [0.25, 0.3) is 10.9 Å². The van der Waals surface area contributed by atoms with Crippen LogP contribution in [0.1, 0.15) is 41.2 Å². The van der Waals surface area contributed by atoms with E-state index in [1.165, 1.54) is 5.19 Å². The number of hydrogen-bond acceptors (Lipinski definition) is 7. The van der Waals surface area contributed by atoms with Gasteiger partial charge in [0.05, 0.1) is 66.1 Å². The molecule has 1 spiro atoms. The number of aliphatic hydroxyl groups excluding tert-OH is 1. The lowest BCUT2D eigenvalue weighted by Gasteiger charge is -2.39. The maximum absolute atomic E-state index is 15.5. The van der Waals surface area contributed by atoms with Crippen LogP contribution in [0, 0.1) is 5.92 Å². The van der Waals surface area contributed by atoms with Crippen molar-refractivity contribution in [1.29, 1.82) is 0 Å². The van der Waals surface area contributed by atoms with Gasteiger partial charge in [0.15, 0.2) is 5.60 Å². The van der Waals surface area contributed by atoms with Gasteiger partial charge in [0.2, 0.25) is 11.8 Å². The smallest absolute Gasteiger partial charge is 0.264 e. The van der Waals surface area contributed by atoms with Crippen LogP contribution < -0.4 is 24.9 Å². The summed E-state index contributed by atoms with van der Waals surface area (Å²) < 4.78 is 18.6. The molecule has 3 N–H and O–H groups in total. The molecule has 1 fully saturated rings. The summed E-state index contributed by atoms with van der Waals surface area (Å²) in [6.45, 7) is 7.22. The van der Waals surface area contributed by atoms with Crippen molar-refractivity contribution < 1.29 is 33.7 Å². The highest BCUT2D eigenvalue weighted by Crippen LogP contribution is 2.60. The molecule has 5 aromatic carbocycles. The molecule has 324 valence electrons. The normalized spacial score (nSPS) is 21.7. The van der Waals surface area contributed by atoms with Crippen LogP contribution in [0.3, 0.4) is 0 Å². The van der Waals surface area contributed by atoms with E-state index in [9.17, 15) is 14.7 Å². The lowest BCUT2D eigenvalue weighted by atomic mass is 9.82. The van der Waals surface area contributed by atoms with Gasteiger partial charge in [-0.3, -0.25) is 14.4 Å². The number of rotatable bonds is 12. The number of carbonyl (C=O) groups is 3. The number of methoxy groups -OCH3 is 2. The SMILES string of the molecule is COc1ccc([Si](C)(C)[C@H]2[C@H](CC(=O)N3Cc4ccccc4C[C@H]3CO)O[C@@]3(C(=O)N(Cc4ccc(NC(=O)Cc5c[nH]c6ccccc56)cc4)c4ccc(OC)cc43)[C@@H]2C)cc1. The third-order valence-corrected chi connectivity index (χ3v) is 18.3. The lowest BCUT2D eigenvalue weighted by Crippen LogP contribution is -2.52. The largest absolute Gasteiger partial charge is 0.497 e. The van der Waals surface area contributed by atoms with Crippen molar-refractivity contribution in [3.8, 4) is 11.5 Å². The van der Waals surface area contributed by atoms with Crippen molar-refractivity contribution in [1.82, 2.24) is 9.88 Å². The number of hydrogen-bond donors (Lipinski definition) is 3. The standard InChI is InChI=1S/C51H54N4O7Si/c1-32-49(63(4,5)41-21-18-39(60-2)19-22-41)46(27-48(58)54-30-35-11-7-6-10-34(35)24-38(54)31-56)62-51(32)43-26-40(61-3)20-23-45(43)55(50(51)59)29-33-14-16-37(17-15-33)53-47(57)25-36-28-52-44-13-9-8-12-42(36)44/h6-23,26,28,32,38,46,49,52,56H,24-25,27,29-31H2,1-5H3,(H,53,57)/t32-,38+,46+,49-,51+/m1/s1. The van der Waals surface area contributed by atoms with Gasteiger partial charge >= 0.3 is 0 Å². The molecule has 3 amide bonds. The van der Waals surface area contributed by atoms with Gasteiger partial charge in [-0.2, -0.15) is 0 Å². The first-order chi connectivity index (χ1) is 30.4. The Hall–Kier alpha value is -6.21. The van der Waals surface area contributed by atoms with E-state index < -0.39 is 19.8 Å². The van der Waals surface area contributed by atoms with Crippen molar-refractivity contribution in [2.75, 3.05) is 31.0 Å². The van der Waals surface area contributed by atoms with E-state index in [0.717, 1.165) is 50.2 Å². The van der Waals surface area contributed by atoms with Crippen LogP contribution in [0.15, 0.2) is 121 Å². The van der Waals surface area contributed by atoms with Gasteiger partial charge in [-0.05, 0) is 82.7 Å². The number of ether oxygens (including phenoxy) is 3. The molecule has 5 atom stereocenters. The summed E-state index contributed by atoms with van der Waals surface area (Å²) in [6, 6.07) is 37.1. The van der Waals surface area contributed by atoms with Crippen LogP contribution in [-0.4, -0.2) is 73.8 Å². The summed E-state index contributed by atoms with van der Waals surface area (Å²) in [5, 5.41) is 15.8. The van der Waals surface area contributed by atoms with E-state index in [-0.39, 0.29) is 61.2 Å². The molecule has 1 aromatic heterocycles. The first-order valence-electron chi connectivity index (χ1n) is 21.7. The number of carbonyl (C=O) groups excluding carboxylic acids is 3. The summed E-state index contributed by atoms with van der Waals surface area (Å²) in [5.74, 6) is 0.601. The predicted molar refractivity (Wildman–Crippen MR) is 247 cm³/mol. The number of H-pyrrole nitrogens is 1. The first-order valence-corrected chi connectivity index (χ1v) is 24.8. The molecule has 0 unspecified atom stereocenters. The van der Waals surface area contributed by atoms with Crippen molar-refractivity contribution in [2.24, 2.45) is 5.92 Å². The Morgan fingerprint density at radius 2 is 1.60 bits per heavy atom.